The van der Waals surface area contributed by atoms with Gasteiger partial charge >= 0.3 is 0 Å². The van der Waals surface area contributed by atoms with E-state index in [4.69, 9.17) is 5.26 Å². The van der Waals surface area contributed by atoms with E-state index in [0.717, 1.165) is 15.4 Å². The molecule has 2 heterocycles. The number of carbonyl (C=O) groups is 1. The second-order valence-corrected chi connectivity index (χ2v) is 7.08. The van der Waals surface area contributed by atoms with Crippen LogP contribution in [0.4, 0.5) is 0 Å². The third-order valence-corrected chi connectivity index (χ3v) is 4.89. The molecule has 0 saturated heterocycles. The lowest BCUT2D eigenvalue weighted by molar-refractivity contribution is -0.130. The molecule has 0 aliphatic heterocycles. The number of amides is 1. The van der Waals surface area contributed by atoms with Crippen molar-refractivity contribution in [3.05, 3.63) is 48.8 Å². The number of hydrogen-bond donors (Lipinski definition) is 1. The van der Waals surface area contributed by atoms with Gasteiger partial charge in [0.1, 0.15) is 11.6 Å². The number of pyridine rings is 1. The van der Waals surface area contributed by atoms with Gasteiger partial charge in [0.05, 0.1) is 11.6 Å². The molecule has 2 aromatic rings. The van der Waals surface area contributed by atoms with Crippen molar-refractivity contribution in [1.82, 2.24) is 14.9 Å². The Morgan fingerprint density at radius 2 is 2.12 bits per heavy atom. The molecular weight excluding hydrogens is 324 g/mol. The number of aromatic nitrogens is 2. The zero-order valence-corrected chi connectivity index (χ0v) is 15.1. The molecule has 0 saturated carbocycles. The summed E-state index contributed by atoms with van der Waals surface area (Å²) in [6.07, 6.45) is 2.61. The molecule has 0 atom stereocenters. The van der Waals surface area contributed by atoms with E-state index in [1.165, 1.54) is 0 Å². The Morgan fingerprint density at radius 1 is 1.42 bits per heavy atom. The number of nitriles is 1. The molecule has 0 unspecified atom stereocenters. The first-order valence-corrected chi connectivity index (χ1v) is 8.42. The number of carbonyl (C=O) groups excluding carboxylic acids is 1. The van der Waals surface area contributed by atoms with Crippen LogP contribution in [0, 0.1) is 32.1 Å². The van der Waals surface area contributed by atoms with Gasteiger partial charge in [-0.25, -0.2) is 4.98 Å². The second kappa shape index (κ2) is 7.41. The Labute approximate surface area is 144 Å². The third kappa shape index (κ3) is 3.89. The zero-order chi connectivity index (χ0) is 17.9. The lowest BCUT2D eigenvalue weighted by atomic mass is 9.99. The molecule has 7 heteroatoms. The zero-order valence-electron chi connectivity index (χ0n) is 14.3. The maximum atomic E-state index is 12.3. The predicted molar refractivity (Wildman–Crippen MR) is 92.9 cm³/mol. The fraction of sp³-hybridized carbons (Fsp3) is 0.412. The first-order valence-electron chi connectivity index (χ1n) is 7.61. The minimum Gasteiger partial charge on any atom is -0.341 e. The summed E-state index contributed by atoms with van der Waals surface area (Å²) in [6.45, 7) is 6.02. The van der Waals surface area contributed by atoms with Gasteiger partial charge in [-0.15, -0.1) is 11.3 Å². The highest BCUT2D eigenvalue weighted by Crippen LogP contribution is 2.17. The Morgan fingerprint density at radius 3 is 2.71 bits per heavy atom. The van der Waals surface area contributed by atoms with Gasteiger partial charge in [0, 0.05) is 30.2 Å². The van der Waals surface area contributed by atoms with E-state index in [1.807, 2.05) is 13.0 Å². The summed E-state index contributed by atoms with van der Waals surface area (Å²) in [4.78, 5) is 33.7. The van der Waals surface area contributed by atoms with Gasteiger partial charge in [0.25, 0.3) is 5.56 Å². The van der Waals surface area contributed by atoms with E-state index < -0.39 is 0 Å². The Kier molecular flexibility index (Phi) is 5.52. The average molecular weight is 344 g/mol. The summed E-state index contributed by atoms with van der Waals surface area (Å²) >= 11 is 1.58. The van der Waals surface area contributed by atoms with Crippen LogP contribution in [-0.4, -0.2) is 27.8 Å². The normalized spacial score (nSPS) is 10.5. The van der Waals surface area contributed by atoms with Crippen molar-refractivity contribution in [2.24, 2.45) is 0 Å². The van der Waals surface area contributed by atoms with Crippen molar-refractivity contribution in [2.45, 2.75) is 40.2 Å². The summed E-state index contributed by atoms with van der Waals surface area (Å²) in [5.41, 5.74) is 1.98. The number of rotatable bonds is 5. The van der Waals surface area contributed by atoms with Crippen molar-refractivity contribution in [1.29, 1.82) is 5.26 Å². The van der Waals surface area contributed by atoms with Crippen LogP contribution >= 0.6 is 11.3 Å². The van der Waals surface area contributed by atoms with E-state index in [-0.39, 0.29) is 17.0 Å². The molecule has 2 aromatic heterocycles. The van der Waals surface area contributed by atoms with Crippen molar-refractivity contribution in [3.63, 3.8) is 0 Å². The number of aryl methyl sites for hydroxylation is 2. The van der Waals surface area contributed by atoms with Gasteiger partial charge in [0.2, 0.25) is 5.91 Å². The molecule has 6 nitrogen and oxygen atoms in total. The summed E-state index contributed by atoms with van der Waals surface area (Å²) < 4.78 is 0. The van der Waals surface area contributed by atoms with Gasteiger partial charge in [-0.2, -0.15) is 5.26 Å². The number of H-pyrrole nitrogens is 1. The topological polar surface area (TPSA) is 89.8 Å². The van der Waals surface area contributed by atoms with Crippen LogP contribution in [0.25, 0.3) is 0 Å². The third-order valence-electron chi connectivity index (χ3n) is 4.00. The van der Waals surface area contributed by atoms with Gasteiger partial charge in [0.15, 0.2) is 0 Å². The molecule has 0 aromatic carbocycles. The van der Waals surface area contributed by atoms with Crippen LogP contribution in [0.1, 0.15) is 38.7 Å². The largest absolute Gasteiger partial charge is 0.341 e. The molecule has 126 valence electrons. The number of nitrogens with zero attached hydrogens (tertiary/aromatic N) is 3. The number of hydrogen-bond acceptors (Lipinski definition) is 5. The highest BCUT2D eigenvalue weighted by Gasteiger charge is 2.15. The fourth-order valence-electron chi connectivity index (χ4n) is 2.64. The molecule has 2 rings (SSSR count). The molecule has 0 aliphatic rings. The van der Waals surface area contributed by atoms with E-state index >= 15 is 0 Å². The van der Waals surface area contributed by atoms with E-state index in [1.54, 1.807) is 43.3 Å². The van der Waals surface area contributed by atoms with E-state index in [9.17, 15) is 9.59 Å². The Balaban J connectivity index is 2.06. The number of nitrogens with one attached hydrogen (secondary N) is 1. The number of thiazole rings is 1. The molecule has 24 heavy (non-hydrogen) atoms. The van der Waals surface area contributed by atoms with Crippen LogP contribution in [-0.2, 0) is 17.8 Å². The van der Waals surface area contributed by atoms with E-state index in [2.05, 4.69) is 9.97 Å². The highest BCUT2D eigenvalue weighted by atomic mass is 32.1. The molecule has 0 radical (unpaired) electrons. The van der Waals surface area contributed by atoms with Crippen molar-refractivity contribution in [2.75, 3.05) is 7.05 Å². The molecule has 0 bridgehead atoms. The molecule has 0 spiro atoms. The van der Waals surface area contributed by atoms with Crippen molar-refractivity contribution in [3.8, 4) is 6.07 Å². The van der Waals surface area contributed by atoms with Gasteiger partial charge in [-0.05, 0) is 38.3 Å². The maximum absolute atomic E-state index is 12.3. The molecular formula is C17H20N4O2S. The summed E-state index contributed by atoms with van der Waals surface area (Å²) in [5.74, 6) is 0.0181. The monoisotopic (exact) mass is 344 g/mol. The second-order valence-electron chi connectivity index (χ2n) is 5.76. The molecule has 0 fully saturated rings. The van der Waals surface area contributed by atoms with Crippen molar-refractivity contribution >= 4 is 17.2 Å². The summed E-state index contributed by atoms with van der Waals surface area (Å²) in [5, 5.41) is 10.1. The van der Waals surface area contributed by atoms with Gasteiger partial charge < -0.3 is 9.88 Å². The van der Waals surface area contributed by atoms with Gasteiger partial charge in [-0.3, -0.25) is 9.59 Å². The Bertz CT molecular complexity index is 860. The van der Waals surface area contributed by atoms with Crippen molar-refractivity contribution < 1.29 is 4.79 Å². The maximum Gasteiger partial charge on any atom is 0.266 e. The minimum atomic E-state index is -0.375. The highest BCUT2D eigenvalue weighted by molar-refractivity contribution is 7.11. The Hall–Kier alpha value is -2.46. The van der Waals surface area contributed by atoms with Crippen LogP contribution in [0.15, 0.2) is 11.0 Å². The summed E-state index contributed by atoms with van der Waals surface area (Å²) in [7, 11) is 1.77. The standard InChI is InChI=1S/C17H20N4O2S/c1-10-14(11(2)20-17(23)15(10)7-18)5-6-16(22)21(4)9-13-8-19-12(3)24-13/h8H,5-6,9H2,1-4H3,(H,20,23). The molecule has 0 aliphatic carbocycles. The fourth-order valence-corrected chi connectivity index (χ4v) is 3.49. The molecule has 1 amide bonds. The first kappa shape index (κ1) is 17.9. The molecule has 1 N–H and O–H groups in total. The van der Waals surface area contributed by atoms with Gasteiger partial charge in [-0.1, -0.05) is 0 Å². The average Bonchev–Trinajstić information content (AvgIpc) is 2.91. The lowest BCUT2D eigenvalue weighted by Gasteiger charge is -2.17. The SMILES string of the molecule is Cc1ncc(CN(C)C(=O)CCc2c(C)[nH]c(=O)c(C#N)c2C)s1. The minimum absolute atomic E-state index is 0.0181. The number of aromatic amines is 1. The first-order chi connectivity index (χ1) is 11.3. The summed E-state index contributed by atoms with van der Waals surface area (Å²) in [6, 6.07) is 1.93. The lowest BCUT2D eigenvalue weighted by Crippen LogP contribution is -2.26. The predicted octanol–water partition coefficient (Wildman–Crippen LogP) is 2.22. The smallest absolute Gasteiger partial charge is 0.266 e. The van der Waals surface area contributed by atoms with E-state index in [0.29, 0.717) is 30.6 Å². The van der Waals surface area contributed by atoms with Crippen LogP contribution < -0.4 is 5.56 Å². The van der Waals surface area contributed by atoms with Crippen LogP contribution in [0.2, 0.25) is 0 Å². The van der Waals surface area contributed by atoms with Crippen LogP contribution in [0.3, 0.4) is 0 Å². The quantitative estimate of drug-likeness (QED) is 0.900. The van der Waals surface area contributed by atoms with Crippen LogP contribution in [0.5, 0.6) is 0 Å².